The van der Waals surface area contributed by atoms with Crippen LogP contribution in [0.5, 0.6) is 0 Å². The fraction of sp³-hybridized carbons (Fsp3) is 0.353. The minimum atomic E-state index is -0.523. The molecule has 0 spiro atoms. The van der Waals surface area contributed by atoms with Gasteiger partial charge in [0.15, 0.2) is 5.82 Å². The molecule has 8 heteroatoms. The van der Waals surface area contributed by atoms with Crippen molar-refractivity contribution in [1.82, 2.24) is 10.2 Å². The van der Waals surface area contributed by atoms with E-state index in [2.05, 4.69) is 15.5 Å². The lowest BCUT2D eigenvalue weighted by atomic mass is 9.99. The van der Waals surface area contributed by atoms with Gasteiger partial charge in [-0.3, -0.25) is 14.7 Å². The van der Waals surface area contributed by atoms with E-state index in [-0.39, 0.29) is 11.8 Å². The Balaban J connectivity index is 1.83. The largest absolute Gasteiger partial charge is 0.311 e. The Labute approximate surface area is 155 Å². The summed E-state index contributed by atoms with van der Waals surface area (Å²) in [4.78, 5) is 26.0. The van der Waals surface area contributed by atoms with Crippen LogP contribution in [0, 0.1) is 6.92 Å². The summed E-state index contributed by atoms with van der Waals surface area (Å²) in [6.45, 7) is 4.22. The zero-order chi connectivity index (χ0) is 18.1. The van der Waals surface area contributed by atoms with Crippen molar-refractivity contribution >= 4 is 46.5 Å². The number of aromatic amines is 1. The van der Waals surface area contributed by atoms with Gasteiger partial charge in [0.2, 0.25) is 11.8 Å². The number of aryl methyl sites for hydroxylation is 1. The van der Waals surface area contributed by atoms with Crippen LogP contribution in [0.3, 0.4) is 0 Å². The lowest BCUT2D eigenvalue weighted by Gasteiger charge is -2.21. The van der Waals surface area contributed by atoms with E-state index in [9.17, 15) is 9.59 Å². The Bertz CT molecular complexity index is 834. The quantitative estimate of drug-likeness (QED) is 0.843. The molecule has 1 unspecified atom stereocenters. The van der Waals surface area contributed by atoms with Gasteiger partial charge in [-0.25, -0.2) is 0 Å². The average Bonchev–Trinajstić information content (AvgIpc) is 3.18. The molecular weight excluding hydrogens is 363 g/mol. The van der Waals surface area contributed by atoms with Crippen LogP contribution in [0.1, 0.15) is 36.9 Å². The number of H-pyrrole nitrogens is 1. The van der Waals surface area contributed by atoms with Crippen molar-refractivity contribution in [2.24, 2.45) is 0 Å². The van der Waals surface area contributed by atoms with Crippen molar-refractivity contribution in [2.45, 2.75) is 32.6 Å². The Hall–Kier alpha value is -2.05. The van der Waals surface area contributed by atoms with Crippen LogP contribution in [0.15, 0.2) is 18.2 Å². The number of nitrogens with zero attached hydrogens (tertiary/aromatic N) is 2. The molecule has 2 amide bonds. The third-order valence-electron chi connectivity index (χ3n) is 4.27. The molecule has 1 fully saturated rings. The molecule has 25 heavy (non-hydrogen) atoms. The van der Waals surface area contributed by atoms with E-state index in [1.54, 1.807) is 30.0 Å². The van der Waals surface area contributed by atoms with Crippen LogP contribution in [-0.4, -0.2) is 28.6 Å². The number of rotatable bonds is 4. The van der Waals surface area contributed by atoms with Gasteiger partial charge in [0.05, 0.1) is 21.7 Å². The first-order valence-corrected chi connectivity index (χ1v) is 8.75. The number of nitrogens with one attached hydrogen (secondary N) is 2. The molecule has 1 aliphatic heterocycles. The summed E-state index contributed by atoms with van der Waals surface area (Å²) in [6.07, 6.45) is 1.31. The summed E-state index contributed by atoms with van der Waals surface area (Å²) >= 11 is 12.8. The van der Waals surface area contributed by atoms with E-state index in [0.29, 0.717) is 40.1 Å². The number of carbonyl (C=O) groups is 2. The molecule has 0 radical (unpaired) electrons. The number of hydrogen-bond donors (Lipinski definition) is 2. The minimum absolute atomic E-state index is 0.0328. The first-order valence-electron chi connectivity index (χ1n) is 7.99. The molecule has 1 aliphatic rings. The summed E-state index contributed by atoms with van der Waals surface area (Å²) in [7, 11) is 0. The molecule has 132 valence electrons. The van der Waals surface area contributed by atoms with Crippen molar-refractivity contribution in [3.8, 4) is 0 Å². The van der Waals surface area contributed by atoms with E-state index < -0.39 is 5.92 Å². The van der Waals surface area contributed by atoms with E-state index in [1.807, 2.05) is 6.92 Å². The Morgan fingerprint density at radius 2 is 2.12 bits per heavy atom. The maximum atomic E-state index is 12.4. The second-order valence-electron chi connectivity index (χ2n) is 6.10. The van der Waals surface area contributed by atoms with Crippen molar-refractivity contribution < 1.29 is 9.59 Å². The predicted molar refractivity (Wildman–Crippen MR) is 98.4 cm³/mol. The monoisotopic (exact) mass is 380 g/mol. The van der Waals surface area contributed by atoms with Crippen LogP contribution in [0.25, 0.3) is 0 Å². The van der Waals surface area contributed by atoms with Gasteiger partial charge in [-0.2, -0.15) is 5.10 Å². The normalized spacial score (nSPS) is 15.5. The Morgan fingerprint density at radius 1 is 1.36 bits per heavy atom. The summed E-state index contributed by atoms with van der Waals surface area (Å²) in [5, 5.41) is 10.1. The third kappa shape index (κ3) is 3.50. The molecule has 1 saturated heterocycles. The van der Waals surface area contributed by atoms with Crippen molar-refractivity contribution in [2.75, 3.05) is 16.8 Å². The molecule has 2 N–H and O–H groups in total. The standard InChI is InChI=1S/C17H18Cl2N4O2/c1-9-8-13(22-21-9)20-17(25)10(2)11-5-6-12(16(19)15(11)18)23-7-3-4-14(23)24/h5-6,8,10H,3-4,7H2,1-2H3,(H2,20,21,22,25). The number of hydrogen-bond acceptors (Lipinski definition) is 3. The van der Waals surface area contributed by atoms with E-state index >= 15 is 0 Å². The zero-order valence-corrected chi connectivity index (χ0v) is 15.4. The molecular formula is C17H18Cl2N4O2. The summed E-state index contributed by atoms with van der Waals surface area (Å²) < 4.78 is 0. The highest BCUT2D eigenvalue weighted by molar-refractivity contribution is 6.44. The van der Waals surface area contributed by atoms with E-state index in [4.69, 9.17) is 23.2 Å². The van der Waals surface area contributed by atoms with Crippen LogP contribution in [-0.2, 0) is 9.59 Å². The maximum Gasteiger partial charge on any atom is 0.232 e. The lowest BCUT2D eigenvalue weighted by Crippen LogP contribution is -2.24. The van der Waals surface area contributed by atoms with E-state index in [1.165, 1.54) is 0 Å². The highest BCUT2D eigenvalue weighted by Gasteiger charge is 2.27. The third-order valence-corrected chi connectivity index (χ3v) is 5.16. The van der Waals surface area contributed by atoms with Gasteiger partial charge in [0.25, 0.3) is 0 Å². The topological polar surface area (TPSA) is 78.1 Å². The highest BCUT2D eigenvalue weighted by atomic mass is 35.5. The summed E-state index contributed by atoms with van der Waals surface area (Å²) in [6, 6.07) is 5.23. The molecule has 2 aromatic rings. The lowest BCUT2D eigenvalue weighted by molar-refractivity contribution is -0.118. The number of aromatic nitrogens is 2. The molecule has 1 aromatic heterocycles. The number of amides is 2. The van der Waals surface area contributed by atoms with Crippen LogP contribution >= 0.6 is 23.2 Å². The van der Waals surface area contributed by atoms with Gasteiger partial charge < -0.3 is 10.2 Å². The van der Waals surface area contributed by atoms with Crippen LogP contribution < -0.4 is 10.2 Å². The average molecular weight is 381 g/mol. The number of carbonyl (C=O) groups excluding carboxylic acids is 2. The smallest absolute Gasteiger partial charge is 0.232 e. The Morgan fingerprint density at radius 3 is 2.72 bits per heavy atom. The van der Waals surface area contributed by atoms with Gasteiger partial charge >= 0.3 is 0 Å². The fourth-order valence-electron chi connectivity index (χ4n) is 2.86. The molecule has 0 bridgehead atoms. The van der Waals surface area contributed by atoms with Gasteiger partial charge in [0.1, 0.15) is 0 Å². The molecule has 3 rings (SSSR count). The highest BCUT2D eigenvalue weighted by Crippen LogP contribution is 2.39. The molecule has 1 atom stereocenters. The minimum Gasteiger partial charge on any atom is -0.311 e. The predicted octanol–water partition coefficient (Wildman–Crippen LogP) is 3.89. The summed E-state index contributed by atoms with van der Waals surface area (Å²) in [5.74, 6) is -0.277. The molecule has 0 aliphatic carbocycles. The number of benzene rings is 1. The molecule has 6 nitrogen and oxygen atoms in total. The number of halogens is 2. The van der Waals surface area contributed by atoms with Crippen LogP contribution in [0.4, 0.5) is 11.5 Å². The maximum absolute atomic E-state index is 12.4. The van der Waals surface area contributed by atoms with Gasteiger partial charge in [-0.1, -0.05) is 29.3 Å². The summed E-state index contributed by atoms with van der Waals surface area (Å²) in [5.41, 5.74) is 2.05. The van der Waals surface area contributed by atoms with Crippen LogP contribution in [0.2, 0.25) is 10.0 Å². The molecule has 1 aromatic carbocycles. The first-order chi connectivity index (χ1) is 11.9. The van der Waals surface area contributed by atoms with Crippen molar-refractivity contribution in [3.05, 3.63) is 39.5 Å². The van der Waals surface area contributed by atoms with E-state index in [0.717, 1.165) is 12.1 Å². The van der Waals surface area contributed by atoms with Gasteiger partial charge in [0, 0.05) is 24.7 Å². The Kier molecular flexibility index (Phi) is 5.01. The van der Waals surface area contributed by atoms with Crippen molar-refractivity contribution in [1.29, 1.82) is 0 Å². The molecule has 0 saturated carbocycles. The number of anilines is 2. The zero-order valence-electron chi connectivity index (χ0n) is 13.9. The second-order valence-corrected chi connectivity index (χ2v) is 6.85. The fourth-order valence-corrected chi connectivity index (χ4v) is 3.46. The SMILES string of the molecule is Cc1cc(NC(=O)C(C)c2ccc(N3CCCC3=O)c(Cl)c2Cl)n[nH]1. The van der Waals surface area contributed by atoms with Gasteiger partial charge in [-0.15, -0.1) is 0 Å². The van der Waals surface area contributed by atoms with Crippen molar-refractivity contribution in [3.63, 3.8) is 0 Å². The second kappa shape index (κ2) is 7.06. The molecule has 2 heterocycles. The van der Waals surface area contributed by atoms with Gasteiger partial charge in [-0.05, 0) is 31.9 Å². The first kappa shape index (κ1) is 17.8.